The second kappa shape index (κ2) is 4.97. The summed E-state index contributed by atoms with van der Waals surface area (Å²) < 4.78 is 1.85. The van der Waals surface area contributed by atoms with Gasteiger partial charge in [-0.15, -0.1) is 0 Å². The van der Waals surface area contributed by atoms with Gasteiger partial charge in [-0.3, -0.25) is 9.48 Å². The summed E-state index contributed by atoms with van der Waals surface area (Å²) >= 11 is 0. The molecule has 0 fully saturated rings. The molecule has 0 aliphatic heterocycles. The normalized spacial score (nSPS) is 10.7. The molecular formula is C12H16N4O. The van der Waals surface area contributed by atoms with Gasteiger partial charge in [0.05, 0.1) is 17.8 Å². The maximum atomic E-state index is 11.1. The average molecular weight is 232 g/mol. The molecule has 1 aromatic heterocycles. The van der Waals surface area contributed by atoms with E-state index in [0.717, 1.165) is 16.6 Å². The number of hydrogen-bond acceptors (Lipinski definition) is 3. The molecule has 17 heavy (non-hydrogen) atoms. The smallest absolute Gasteiger partial charge is 0.233 e. The highest BCUT2D eigenvalue weighted by Gasteiger charge is 2.07. The molecule has 2 N–H and O–H groups in total. The summed E-state index contributed by atoms with van der Waals surface area (Å²) in [5.41, 5.74) is 2.07. The summed E-state index contributed by atoms with van der Waals surface area (Å²) in [7, 11) is 3.55. The number of carbonyl (C=O) groups is 1. The number of aryl methyl sites for hydroxylation is 1. The lowest BCUT2D eigenvalue weighted by Gasteiger charge is -2.01. The Morgan fingerprint density at radius 3 is 2.94 bits per heavy atom. The van der Waals surface area contributed by atoms with E-state index in [1.807, 2.05) is 36.0 Å². The average Bonchev–Trinajstić information content (AvgIpc) is 2.67. The van der Waals surface area contributed by atoms with E-state index in [1.165, 1.54) is 0 Å². The molecule has 1 amide bonds. The molecule has 0 saturated heterocycles. The van der Waals surface area contributed by atoms with Gasteiger partial charge in [0.2, 0.25) is 5.91 Å². The summed E-state index contributed by atoms with van der Waals surface area (Å²) in [6.07, 6.45) is 0. The fourth-order valence-electron chi connectivity index (χ4n) is 1.80. The maximum absolute atomic E-state index is 11.1. The maximum Gasteiger partial charge on any atom is 0.233 e. The predicted octanol–water partition coefficient (Wildman–Crippen LogP) is 0.409. The molecule has 0 spiro atoms. The SMILES string of the molecule is CNC(=O)CNCc1nn(C)c2ccccc12. The van der Waals surface area contributed by atoms with E-state index in [-0.39, 0.29) is 5.91 Å². The molecule has 2 rings (SSSR count). The van der Waals surface area contributed by atoms with Crippen LogP contribution in [0.4, 0.5) is 0 Å². The Bertz CT molecular complexity index is 532. The van der Waals surface area contributed by atoms with Crippen LogP contribution in [-0.4, -0.2) is 29.3 Å². The number of para-hydroxylation sites is 1. The molecule has 1 aromatic carbocycles. The Morgan fingerprint density at radius 2 is 2.18 bits per heavy atom. The molecule has 0 radical (unpaired) electrons. The molecular weight excluding hydrogens is 216 g/mol. The Kier molecular flexibility index (Phi) is 3.39. The number of hydrogen-bond donors (Lipinski definition) is 2. The highest BCUT2D eigenvalue weighted by atomic mass is 16.1. The zero-order valence-electron chi connectivity index (χ0n) is 10.0. The molecule has 0 bridgehead atoms. The number of likely N-dealkylation sites (N-methyl/N-ethyl adjacent to an activating group) is 1. The van der Waals surface area contributed by atoms with Crippen LogP contribution in [0.3, 0.4) is 0 Å². The van der Waals surface area contributed by atoms with E-state index < -0.39 is 0 Å². The number of aromatic nitrogens is 2. The van der Waals surface area contributed by atoms with Crippen LogP contribution in [0.5, 0.6) is 0 Å². The molecule has 5 heteroatoms. The van der Waals surface area contributed by atoms with Crippen molar-refractivity contribution in [1.29, 1.82) is 0 Å². The van der Waals surface area contributed by atoms with Crippen molar-refractivity contribution in [2.75, 3.05) is 13.6 Å². The molecule has 1 heterocycles. The first-order valence-corrected chi connectivity index (χ1v) is 5.54. The van der Waals surface area contributed by atoms with E-state index in [4.69, 9.17) is 0 Å². The fourth-order valence-corrected chi connectivity index (χ4v) is 1.80. The molecule has 0 aliphatic carbocycles. The first kappa shape index (κ1) is 11.6. The van der Waals surface area contributed by atoms with Crippen molar-refractivity contribution in [2.45, 2.75) is 6.54 Å². The van der Waals surface area contributed by atoms with Crippen LogP contribution in [0.25, 0.3) is 10.9 Å². The topological polar surface area (TPSA) is 59.0 Å². The Labute approximate surface area is 99.8 Å². The summed E-state index contributed by atoms with van der Waals surface area (Å²) in [6.45, 7) is 0.899. The van der Waals surface area contributed by atoms with Gasteiger partial charge in [0.1, 0.15) is 0 Å². The van der Waals surface area contributed by atoms with Gasteiger partial charge < -0.3 is 10.6 Å². The van der Waals surface area contributed by atoms with Crippen molar-refractivity contribution in [3.8, 4) is 0 Å². The van der Waals surface area contributed by atoms with Crippen LogP contribution in [0.1, 0.15) is 5.69 Å². The lowest BCUT2D eigenvalue weighted by molar-refractivity contribution is -0.119. The largest absolute Gasteiger partial charge is 0.358 e. The van der Waals surface area contributed by atoms with E-state index in [9.17, 15) is 4.79 Å². The van der Waals surface area contributed by atoms with Gasteiger partial charge in [-0.05, 0) is 6.07 Å². The van der Waals surface area contributed by atoms with E-state index >= 15 is 0 Å². The fraction of sp³-hybridized carbons (Fsp3) is 0.333. The number of nitrogens with one attached hydrogen (secondary N) is 2. The number of nitrogens with zero attached hydrogens (tertiary/aromatic N) is 2. The highest BCUT2D eigenvalue weighted by molar-refractivity contribution is 5.82. The van der Waals surface area contributed by atoms with E-state index in [0.29, 0.717) is 13.1 Å². The standard InChI is InChI=1S/C12H16N4O/c1-13-12(17)8-14-7-10-9-5-3-4-6-11(9)16(2)15-10/h3-6,14H,7-8H2,1-2H3,(H,13,17). The van der Waals surface area contributed by atoms with Crippen molar-refractivity contribution >= 4 is 16.8 Å². The lowest BCUT2D eigenvalue weighted by atomic mass is 10.2. The number of fused-ring (bicyclic) bond motifs is 1. The third kappa shape index (κ3) is 2.45. The van der Waals surface area contributed by atoms with Crippen LogP contribution < -0.4 is 10.6 Å². The minimum Gasteiger partial charge on any atom is -0.358 e. The summed E-state index contributed by atoms with van der Waals surface area (Å²) in [4.78, 5) is 11.1. The number of rotatable bonds is 4. The third-order valence-electron chi connectivity index (χ3n) is 2.69. The predicted molar refractivity (Wildman–Crippen MR) is 66.5 cm³/mol. The molecule has 0 unspecified atom stereocenters. The second-order valence-corrected chi connectivity index (χ2v) is 3.86. The van der Waals surface area contributed by atoms with Crippen molar-refractivity contribution in [3.63, 3.8) is 0 Å². The van der Waals surface area contributed by atoms with Gasteiger partial charge in [-0.25, -0.2) is 0 Å². The number of benzene rings is 1. The number of amides is 1. The van der Waals surface area contributed by atoms with Crippen molar-refractivity contribution < 1.29 is 4.79 Å². The molecule has 0 aliphatic rings. The monoisotopic (exact) mass is 232 g/mol. The quantitative estimate of drug-likeness (QED) is 0.802. The van der Waals surface area contributed by atoms with Crippen molar-refractivity contribution in [2.24, 2.45) is 7.05 Å². The molecule has 2 aromatic rings. The van der Waals surface area contributed by atoms with Gasteiger partial charge >= 0.3 is 0 Å². The second-order valence-electron chi connectivity index (χ2n) is 3.86. The zero-order chi connectivity index (χ0) is 12.3. The van der Waals surface area contributed by atoms with Crippen LogP contribution in [0.2, 0.25) is 0 Å². The van der Waals surface area contributed by atoms with Crippen LogP contribution in [0.15, 0.2) is 24.3 Å². The minimum absolute atomic E-state index is 0.0229. The van der Waals surface area contributed by atoms with Crippen LogP contribution in [-0.2, 0) is 18.4 Å². The molecule has 5 nitrogen and oxygen atoms in total. The molecule has 90 valence electrons. The Balaban J connectivity index is 2.11. The Morgan fingerprint density at radius 1 is 1.41 bits per heavy atom. The van der Waals surface area contributed by atoms with Gasteiger partial charge in [-0.1, -0.05) is 18.2 Å². The van der Waals surface area contributed by atoms with Gasteiger partial charge in [-0.2, -0.15) is 5.10 Å². The molecule has 0 saturated carbocycles. The summed E-state index contributed by atoms with van der Waals surface area (Å²) in [5.74, 6) is -0.0229. The van der Waals surface area contributed by atoms with Crippen LogP contribution >= 0.6 is 0 Å². The third-order valence-corrected chi connectivity index (χ3v) is 2.69. The Hall–Kier alpha value is -1.88. The first-order chi connectivity index (χ1) is 8.22. The minimum atomic E-state index is -0.0229. The van der Waals surface area contributed by atoms with Crippen molar-refractivity contribution in [3.05, 3.63) is 30.0 Å². The first-order valence-electron chi connectivity index (χ1n) is 5.54. The summed E-state index contributed by atoms with van der Waals surface area (Å²) in [5, 5.41) is 11.2. The van der Waals surface area contributed by atoms with E-state index in [2.05, 4.69) is 15.7 Å². The highest BCUT2D eigenvalue weighted by Crippen LogP contribution is 2.16. The van der Waals surface area contributed by atoms with Gasteiger partial charge in [0.25, 0.3) is 0 Å². The summed E-state index contributed by atoms with van der Waals surface area (Å²) in [6, 6.07) is 8.06. The van der Waals surface area contributed by atoms with E-state index in [1.54, 1.807) is 7.05 Å². The lowest BCUT2D eigenvalue weighted by Crippen LogP contribution is -2.31. The molecule has 0 atom stereocenters. The number of carbonyl (C=O) groups excluding carboxylic acids is 1. The van der Waals surface area contributed by atoms with Crippen molar-refractivity contribution in [1.82, 2.24) is 20.4 Å². The zero-order valence-corrected chi connectivity index (χ0v) is 10.0. The van der Waals surface area contributed by atoms with Gasteiger partial charge in [0.15, 0.2) is 0 Å². The van der Waals surface area contributed by atoms with Gasteiger partial charge in [0, 0.05) is 26.0 Å². The van der Waals surface area contributed by atoms with Crippen LogP contribution in [0, 0.1) is 0 Å².